The number of anilines is 2. The van der Waals surface area contributed by atoms with E-state index in [1.165, 1.54) is 11.3 Å². The van der Waals surface area contributed by atoms with Crippen LogP contribution in [0, 0.1) is 5.92 Å². The monoisotopic (exact) mass is 314 g/mol. The molecule has 4 N–H and O–H groups in total. The lowest BCUT2D eigenvalue weighted by Crippen LogP contribution is -2.24. The van der Waals surface area contributed by atoms with Crippen LogP contribution >= 0.6 is 11.3 Å². The number of nitrogen functional groups attached to an aromatic ring is 1. The first-order chi connectivity index (χ1) is 10.0. The van der Waals surface area contributed by atoms with Crippen molar-refractivity contribution in [3.05, 3.63) is 4.88 Å². The molecule has 0 aromatic carbocycles. The number of thiazole rings is 1. The third-order valence-electron chi connectivity index (χ3n) is 2.83. The number of rotatable bonds is 10. The van der Waals surface area contributed by atoms with E-state index in [1.54, 1.807) is 7.11 Å². The van der Waals surface area contributed by atoms with E-state index in [0.29, 0.717) is 28.3 Å². The second-order valence-corrected chi connectivity index (χ2v) is 6.32. The van der Waals surface area contributed by atoms with Crippen molar-refractivity contribution >= 4 is 28.2 Å². The topological polar surface area (TPSA) is 89.3 Å². The fraction of sp³-hybridized carbons (Fsp3) is 0.714. The van der Waals surface area contributed by atoms with E-state index >= 15 is 0 Å². The first-order valence-corrected chi connectivity index (χ1v) is 8.13. The van der Waals surface area contributed by atoms with Crippen molar-refractivity contribution < 1.29 is 9.53 Å². The third-order valence-corrected chi connectivity index (χ3v) is 3.86. The smallest absolute Gasteiger partial charge is 0.265 e. The molecule has 1 rings (SSSR count). The van der Waals surface area contributed by atoms with Gasteiger partial charge < -0.3 is 21.1 Å². The summed E-state index contributed by atoms with van der Waals surface area (Å²) in [6, 6.07) is 0. The van der Waals surface area contributed by atoms with Crippen molar-refractivity contribution in [2.45, 2.75) is 33.1 Å². The van der Waals surface area contributed by atoms with Gasteiger partial charge in [-0.15, -0.1) is 0 Å². The van der Waals surface area contributed by atoms with E-state index in [1.807, 2.05) is 0 Å². The van der Waals surface area contributed by atoms with Crippen LogP contribution in [0.5, 0.6) is 0 Å². The maximum absolute atomic E-state index is 12.0. The Labute approximate surface area is 130 Å². The Kier molecular flexibility index (Phi) is 8.07. The highest BCUT2D eigenvalue weighted by atomic mass is 32.1. The average molecular weight is 314 g/mol. The van der Waals surface area contributed by atoms with Crippen LogP contribution in [0.25, 0.3) is 0 Å². The number of amides is 1. The number of hydrogen-bond donors (Lipinski definition) is 3. The lowest BCUT2D eigenvalue weighted by Gasteiger charge is -2.04. The highest BCUT2D eigenvalue weighted by Crippen LogP contribution is 2.24. The number of carbonyl (C=O) groups excluding carboxylic acids is 1. The normalized spacial score (nSPS) is 10.9. The lowest BCUT2D eigenvalue weighted by atomic mass is 10.2. The Hall–Kier alpha value is -1.34. The molecule has 1 heterocycles. The van der Waals surface area contributed by atoms with Gasteiger partial charge in [-0.1, -0.05) is 25.2 Å². The van der Waals surface area contributed by atoms with Gasteiger partial charge in [-0.2, -0.15) is 0 Å². The van der Waals surface area contributed by atoms with Gasteiger partial charge in [0.05, 0.1) is 0 Å². The number of nitrogens with one attached hydrogen (secondary N) is 2. The van der Waals surface area contributed by atoms with E-state index in [4.69, 9.17) is 10.5 Å². The molecule has 1 aromatic rings. The van der Waals surface area contributed by atoms with Crippen molar-refractivity contribution in [2.24, 2.45) is 5.92 Å². The van der Waals surface area contributed by atoms with Gasteiger partial charge in [0, 0.05) is 26.8 Å². The summed E-state index contributed by atoms with van der Waals surface area (Å²) in [5, 5.41) is 6.76. The van der Waals surface area contributed by atoms with Crippen LogP contribution in [0.4, 0.5) is 10.9 Å². The van der Waals surface area contributed by atoms with Gasteiger partial charge in [-0.25, -0.2) is 4.98 Å². The summed E-state index contributed by atoms with van der Waals surface area (Å²) in [4.78, 5) is 16.7. The van der Waals surface area contributed by atoms with Crippen molar-refractivity contribution in [3.63, 3.8) is 0 Å². The SMILES string of the molecule is COCCCCCNC(=O)c1sc(NCC(C)C)nc1N. The second kappa shape index (κ2) is 9.57. The Morgan fingerprint density at radius 1 is 1.38 bits per heavy atom. The molecule has 0 bridgehead atoms. The summed E-state index contributed by atoms with van der Waals surface area (Å²) < 4.78 is 4.98. The Bertz CT molecular complexity index is 435. The molecule has 0 unspecified atom stereocenters. The fourth-order valence-corrected chi connectivity index (χ4v) is 2.50. The zero-order valence-electron chi connectivity index (χ0n) is 13.1. The number of unbranched alkanes of at least 4 members (excludes halogenated alkanes) is 2. The Morgan fingerprint density at radius 3 is 2.81 bits per heavy atom. The highest BCUT2D eigenvalue weighted by molar-refractivity contribution is 7.18. The van der Waals surface area contributed by atoms with Crippen molar-refractivity contribution in [1.29, 1.82) is 0 Å². The Morgan fingerprint density at radius 2 is 2.14 bits per heavy atom. The maximum atomic E-state index is 12.0. The van der Waals surface area contributed by atoms with Gasteiger partial charge in [0.15, 0.2) is 5.13 Å². The van der Waals surface area contributed by atoms with Crippen LogP contribution in [0.1, 0.15) is 42.8 Å². The predicted octanol–water partition coefficient (Wildman–Crippen LogP) is 2.34. The zero-order valence-corrected chi connectivity index (χ0v) is 13.9. The average Bonchev–Trinajstić information content (AvgIpc) is 2.81. The van der Waals surface area contributed by atoms with Crippen LogP contribution in [0.3, 0.4) is 0 Å². The minimum Gasteiger partial charge on any atom is -0.385 e. The summed E-state index contributed by atoms with van der Waals surface area (Å²) in [6.07, 6.45) is 2.98. The quantitative estimate of drug-likeness (QED) is 0.577. The van der Waals surface area contributed by atoms with Gasteiger partial charge in [0.25, 0.3) is 5.91 Å². The molecule has 0 fully saturated rings. The van der Waals surface area contributed by atoms with Gasteiger partial charge in [-0.05, 0) is 25.2 Å². The van der Waals surface area contributed by atoms with Crippen LogP contribution in [0.2, 0.25) is 0 Å². The van der Waals surface area contributed by atoms with Crippen LogP contribution < -0.4 is 16.4 Å². The van der Waals surface area contributed by atoms with Crippen molar-refractivity contribution in [1.82, 2.24) is 10.3 Å². The Balaban J connectivity index is 2.36. The van der Waals surface area contributed by atoms with Crippen LogP contribution in [0.15, 0.2) is 0 Å². The molecule has 120 valence electrons. The predicted molar refractivity (Wildman–Crippen MR) is 87.9 cm³/mol. The molecule has 1 amide bonds. The second-order valence-electron chi connectivity index (χ2n) is 5.32. The molecule has 0 aliphatic carbocycles. The van der Waals surface area contributed by atoms with Gasteiger partial charge in [0.1, 0.15) is 10.7 Å². The van der Waals surface area contributed by atoms with Crippen molar-refractivity contribution in [2.75, 3.05) is 37.9 Å². The van der Waals surface area contributed by atoms with E-state index in [0.717, 1.165) is 32.4 Å². The van der Waals surface area contributed by atoms with Gasteiger partial charge in [0.2, 0.25) is 0 Å². The zero-order chi connectivity index (χ0) is 15.7. The van der Waals surface area contributed by atoms with E-state index in [2.05, 4.69) is 29.5 Å². The molecule has 0 atom stereocenters. The minimum atomic E-state index is -0.144. The summed E-state index contributed by atoms with van der Waals surface area (Å²) in [6.45, 7) is 6.45. The number of nitrogens with zero attached hydrogens (tertiary/aromatic N) is 1. The fourth-order valence-electron chi connectivity index (χ4n) is 1.69. The molecule has 0 aliphatic heterocycles. The number of nitrogens with two attached hydrogens (primary N) is 1. The van der Waals surface area contributed by atoms with E-state index in [9.17, 15) is 4.79 Å². The highest BCUT2D eigenvalue weighted by Gasteiger charge is 2.15. The number of methoxy groups -OCH3 is 1. The summed E-state index contributed by atoms with van der Waals surface area (Å²) in [5.41, 5.74) is 5.80. The van der Waals surface area contributed by atoms with Crippen molar-refractivity contribution in [3.8, 4) is 0 Å². The number of carbonyl (C=O) groups is 1. The molecule has 21 heavy (non-hydrogen) atoms. The molecule has 1 aromatic heterocycles. The summed E-state index contributed by atoms with van der Waals surface area (Å²) in [5.74, 6) is 0.664. The molecule has 7 heteroatoms. The number of ether oxygens (including phenoxy) is 1. The molecule has 0 saturated heterocycles. The summed E-state index contributed by atoms with van der Waals surface area (Å²) >= 11 is 1.30. The van der Waals surface area contributed by atoms with E-state index < -0.39 is 0 Å². The molecule has 0 spiro atoms. The largest absolute Gasteiger partial charge is 0.385 e. The maximum Gasteiger partial charge on any atom is 0.265 e. The molecule has 0 saturated carbocycles. The standard InChI is InChI=1S/C14H26N4O2S/c1-10(2)9-17-14-18-12(15)11(21-14)13(19)16-7-5-4-6-8-20-3/h10H,4-9,15H2,1-3H3,(H,16,19)(H,17,18). The molecular weight excluding hydrogens is 288 g/mol. The minimum absolute atomic E-state index is 0.144. The lowest BCUT2D eigenvalue weighted by molar-refractivity contribution is 0.0957. The molecule has 6 nitrogen and oxygen atoms in total. The molecule has 0 radical (unpaired) electrons. The van der Waals surface area contributed by atoms with Gasteiger partial charge in [-0.3, -0.25) is 4.79 Å². The number of aromatic nitrogens is 1. The van der Waals surface area contributed by atoms with E-state index in [-0.39, 0.29) is 5.91 Å². The third kappa shape index (κ3) is 6.77. The molecular formula is C14H26N4O2S. The summed E-state index contributed by atoms with van der Waals surface area (Å²) in [7, 11) is 1.69. The van der Waals surface area contributed by atoms with Crippen LogP contribution in [-0.4, -0.2) is 37.7 Å². The van der Waals surface area contributed by atoms with Crippen LogP contribution in [-0.2, 0) is 4.74 Å². The first-order valence-electron chi connectivity index (χ1n) is 7.32. The first kappa shape index (κ1) is 17.7. The van der Waals surface area contributed by atoms with Gasteiger partial charge >= 0.3 is 0 Å². The molecule has 0 aliphatic rings. The number of hydrogen-bond acceptors (Lipinski definition) is 6.